The molecule has 3 heteroatoms. The lowest BCUT2D eigenvalue weighted by Gasteiger charge is -2.34. The lowest BCUT2D eigenvalue weighted by molar-refractivity contribution is 0.148. The van der Waals surface area contributed by atoms with Crippen molar-refractivity contribution in [1.82, 2.24) is 0 Å². The third kappa shape index (κ3) is 1.92. The first kappa shape index (κ1) is 11.7. The second-order valence-electron chi connectivity index (χ2n) is 4.88. The van der Waals surface area contributed by atoms with Gasteiger partial charge in [-0.25, -0.2) is 0 Å². The van der Waals surface area contributed by atoms with Crippen LogP contribution in [0, 0.1) is 12.8 Å². The van der Waals surface area contributed by atoms with Crippen LogP contribution in [-0.4, -0.2) is 11.1 Å². The fourth-order valence-electron chi connectivity index (χ4n) is 2.23. The SMILES string of the molecule is Cc1c(Cl)ccc2c1NC(C(C)C)CC2O. The third-order valence-corrected chi connectivity index (χ3v) is 3.81. The van der Waals surface area contributed by atoms with Gasteiger partial charge in [0.1, 0.15) is 0 Å². The van der Waals surface area contributed by atoms with E-state index in [2.05, 4.69) is 19.2 Å². The van der Waals surface area contributed by atoms with Gasteiger partial charge >= 0.3 is 0 Å². The second-order valence-corrected chi connectivity index (χ2v) is 5.29. The number of halogens is 1. The summed E-state index contributed by atoms with van der Waals surface area (Å²) in [6, 6.07) is 4.09. The fraction of sp³-hybridized carbons (Fsp3) is 0.538. The predicted molar refractivity (Wildman–Crippen MR) is 68.0 cm³/mol. The van der Waals surface area contributed by atoms with Gasteiger partial charge in [-0.2, -0.15) is 0 Å². The number of hydrogen-bond acceptors (Lipinski definition) is 2. The molecule has 1 heterocycles. The number of anilines is 1. The maximum absolute atomic E-state index is 10.1. The number of fused-ring (bicyclic) bond motifs is 1. The highest BCUT2D eigenvalue weighted by Gasteiger charge is 2.28. The van der Waals surface area contributed by atoms with E-state index < -0.39 is 0 Å². The summed E-state index contributed by atoms with van der Waals surface area (Å²) in [6.07, 6.45) is 0.394. The van der Waals surface area contributed by atoms with Crippen LogP contribution < -0.4 is 5.32 Å². The number of aliphatic hydroxyl groups excluding tert-OH is 1. The Labute approximate surface area is 102 Å². The standard InChI is InChI=1S/C13H18ClNO/c1-7(2)11-6-12(16)9-4-5-10(14)8(3)13(9)15-11/h4-5,7,11-12,15-16H,6H2,1-3H3. The first-order chi connectivity index (χ1) is 7.50. The van der Waals surface area contributed by atoms with E-state index in [-0.39, 0.29) is 6.10 Å². The van der Waals surface area contributed by atoms with E-state index in [1.165, 1.54) is 0 Å². The zero-order valence-corrected chi connectivity index (χ0v) is 10.7. The van der Waals surface area contributed by atoms with Crippen LogP contribution in [-0.2, 0) is 0 Å². The molecular weight excluding hydrogens is 222 g/mol. The van der Waals surface area contributed by atoms with Crippen molar-refractivity contribution in [3.05, 3.63) is 28.3 Å². The summed E-state index contributed by atoms with van der Waals surface area (Å²) in [5, 5.41) is 14.4. The Bertz CT molecular complexity index is 403. The maximum Gasteiger partial charge on any atom is 0.0829 e. The molecule has 0 spiro atoms. The molecule has 88 valence electrons. The second kappa shape index (κ2) is 4.27. The van der Waals surface area contributed by atoms with Crippen LogP contribution in [0.5, 0.6) is 0 Å². The normalized spacial score (nSPS) is 24.1. The van der Waals surface area contributed by atoms with Gasteiger partial charge in [-0.05, 0) is 30.9 Å². The molecule has 0 saturated heterocycles. The van der Waals surface area contributed by atoms with Crippen LogP contribution in [0.25, 0.3) is 0 Å². The molecule has 0 amide bonds. The molecule has 16 heavy (non-hydrogen) atoms. The fourth-order valence-corrected chi connectivity index (χ4v) is 2.38. The maximum atomic E-state index is 10.1. The lowest BCUT2D eigenvalue weighted by atomic mass is 9.88. The average molecular weight is 240 g/mol. The first-order valence-corrected chi connectivity index (χ1v) is 6.12. The van der Waals surface area contributed by atoms with Gasteiger partial charge in [-0.3, -0.25) is 0 Å². The van der Waals surface area contributed by atoms with Crippen molar-refractivity contribution in [1.29, 1.82) is 0 Å². The van der Waals surface area contributed by atoms with Gasteiger partial charge in [0.2, 0.25) is 0 Å². The van der Waals surface area contributed by atoms with Crippen molar-refractivity contribution in [2.24, 2.45) is 5.92 Å². The Kier molecular flexibility index (Phi) is 3.13. The number of aliphatic hydroxyl groups is 1. The largest absolute Gasteiger partial charge is 0.388 e. The molecule has 0 bridgehead atoms. The van der Waals surface area contributed by atoms with E-state index in [0.29, 0.717) is 12.0 Å². The zero-order chi connectivity index (χ0) is 11.9. The molecule has 2 atom stereocenters. The lowest BCUT2D eigenvalue weighted by Crippen LogP contribution is -2.32. The summed E-state index contributed by atoms with van der Waals surface area (Å²) in [5.41, 5.74) is 3.02. The Balaban J connectivity index is 2.43. The summed E-state index contributed by atoms with van der Waals surface area (Å²) in [6.45, 7) is 6.31. The molecule has 2 unspecified atom stereocenters. The molecule has 2 rings (SSSR count). The van der Waals surface area contributed by atoms with Gasteiger partial charge in [0.15, 0.2) is 0 Å². The first-order valence-electron chi connectivity index (χ1n) is 5.74. The molecular formula is C13H18ClNO. The van der Waals surface area contributed by atoms with Gasteiger partial charge in [0.05, 0.1) is 6.10 Å². The summed E-state index contributed by atoms with van der Waals surface area (Å²) < 4.78 is 0. The number of hydrogen-bond donors (Lipinski definition) is 2. The van der Waals surface area contributed by atoms with Crippen LogP contribution in [0.2, 0.25) is 5.02 Å². The van der Waals surface area contributed by atoms with E-state index >= 15 is 0 Å². The quantitative estimate of drug-likeness (QED) is 0.786. The zero-order valence-electron chi connectivity index (χ0n) is 9.92. The van der Waals surface area contributed by atoms with E-state index in [0.717, 1.165) is 28.3 Å². The van der Waals surface area contributed by atoms with E-state index in [1.807, 2.05) is 19.1 Å². The third-order valence-electron chi connectivity index (χ3n) is 3.40. The highest BCUT2D eigenvalue weighted by molar-refractivity contribution is 6.31. The topological polar surface area (TPSA) is 32.3 Å². The molecule has 0 aromatic heterocycles. The molecule has 2 N–H and O–H groups in total. The van der Waals surface area contributed by atoms with Crippen molar-refractivity contribution in [2.75, 3.05) is 5.32 Å². The Hall–Kier alpha value is -0.730. The van der Waals surface area contributed by atoms with Gasteiger partial charge in [-0.15, -0.1) is 0 Å². The summed E-state index contributed by atoms with van der Waals surface area (Å²) >= 11 is 6.10. The Morgan fingerprint density at radius 3 is 2.75 bits per heavy atom. The minimum atomic E-state index is -0.375. The van der Waals surface area contributed by atoms with Crippen LogP contribution in [0.4, 0.5) is 5.69 Å². The van der Waals surface area contributed by atoms with Crippen molar-refractivity contribution in [2.45, 2.75) is 39.3 Å². The highest BCUT2D eigenvalue weighted by atomic mass is 35.5. The number of benzene rings is 1. The Morgan fingerprint density at radius 2 is 2.12 bits per heavy atom. The van der Waals surface area contributed by atoms with Crippen molar-refractivity contribution >= 4 is 17.3 Å². The van der Waals surface area contributed by atoms with Crippen LogP contribution >= 0.6 is 11.6 Å². The highest BCUT2D eigenvalue weighted by Crippen LogP contribution is 2.38. The predicted octanol–water partition coefficient (Wildman–Crippen LogP) is 3.52. The molecule has 1 aromatic carbocycles. The van der Waals surface area contributed by atoms with Crippen molar-refractivity contribution in [3.8, 4) is 0 Å². The number of rotatable bonds is 1. The minimum absolute atomic E-state index is 0.319. The minimum Gasteiger partial charge on any atom is -0.388 e. The molecule has 0 radical (unpaired) electrons. The molecule has 0 saturated carbocycles. The van der Waals surface area contributed by atoms with Crippen molar-refractivity contribution in [3.63, 3.8) is 0 Å². The van der Waals surface area contributed by atoms with Crippen LogP contribution in [0.3, 0.4) is 0 Å². The van der Waals surface area contributed by atoms with E-state index in [1.54, 1.807) is 0 Å². The molecule has 2 nitrogen and oxygen atoms in total. The van der Waals surface area contributed by atoms with Crippen molar-refractivity contribution < 1.29 is 5.11 Å². The van der Waals surface area contributed by atoms with E-state index in [9.17, 15) is 5.11 Å². The molecule has 1 aliphatic heterocycles. The van der Waals surface area contributed by atoms with Gasteiger partial charge < -0.3 is 10.4 Å². The van der Waals surface area contributed by atoms with Gasteiger partial charge in [-0.1, -0.05) is 31.5 Å². The molecule has 0 fully saturated rings. The molecule has 1 aromatic rings. The average Bonchev–Trinajstić information content (AvgIpc) is 2.23. The van der Waals surface area contributed by atoms with Crippen LogP contribution in [0.1, 0.15) is 37.5 Å². The summed E-state index contributed by atoms with van der Waals surface area (Å²) in [4.78, 5) is 0. The molecule has 1 aliphatic rings. The summed E-state index contributed by atoms with van der Waals surface area (Å²) in [7, 11) is 0. The molecule has 0 aliphatic carbocycles. The van der Waals surface area contributed by atoms with Crippen LogP contribution in [0.15, 0.2) is 12.1 Å². The van der Waals surface area contributed by atoms with Gasteiger partial charge in [0.25, 0.3) is 0 Å². The Morgan fingerprint density at radius 1 is 1.44 bits per heavy atom. The number of nitrogens with one attached hydrogen (secondary N) is 1. The van der Waals surface area contributed by atoms with E-state index in [4.69, 9.17) is 11.6 Å². The monoisotopic (exact) mass is 239 g/mol. The smallest absolute Gasteiger partial charge is 0.0829 e. The summed E-state index contributed by atoms with van der Waals surface area (Å²) in [5.74, 6) is 0.501. The van der Waals surface area contributed by atoms with Gasteiger partial charge in [0, 0.05) is 22.3 Å².